The molecule has 4 rings (SSSR count). The Kier molecular flexibility index (Phi) is 8.98. The Bertz CT molecular complexity index is 1260. The van der Waals surface area contributed by atoms with E-state index in [-0.39, 0.29) is 54.7 Å². The van der Waals surface area contributed by atoms with E-state index in [4.69, 9.17) is 9.47 Å². The molecule has 0 saturated carbocycles. The van der Waals surface area contributed by atoms with Gasteiger partial charge in [0.25, 0.3) is 0 Å². The second-order valence-electron chi connectivity index (χ2n) is 9.62. The lowest BCUT2D eigenvalue weighted by Crippen LogP contribution is -2.55. The summed E-state index contributed by atoms with van der Waals surface area (Å²) in [5.74, 6) is -1.53. The van der Waals surface area contributed by atoms with E-state index in [1.807, 2.05) is 6.92 Å². The van der Waals surface area contributed by atoms with Crippen LogP contribution in [0.2, 0.25) is 0 Å². The lowest BCUT2D eigenvalue weighted by molar-refractivity contribution is -0.138. The monoisotopic (exact) mass is 540 g/mol. The molecule has 3 N–H and O–H groups in total. The summed E-state index contributed by atoms with van der Waals surface area (Å²) < 4.78 is 26.2. The Hall–Kier alpha value is -3.76. The number of carbonyl (C=O) groups excluding carboxylic acids is 3. The Balaban J connectivity index is 1.82. The second kappa shape index (κ2) is 12.4. The molecule has 39 heavy (non-hydrogen) atoms. The van der Waals surface area contributed by atoms with Crippen molar-refractivity contribution in [1.82, 2.24) is 10.2 Å². The van der Waals surface area contributed by atoms with Gasteiger partial charge in [0, 0.05) is 41.8 Å². The smallest absolute Gasteiger partial charge is 0.247 e. The van der Waals surface area contributed by atoms with Crippen LogP contribution in [0.1, 0.15) is 53.6 Å². The van der Waals surface area contributed by atoms with Crippen molar-refractivity contribution in [2.45, 2.75) is 56.9 Å². The molecule has 2 aromatic carbocycles. The molecule has 0 saturated heterocycles. The lowest BCUT2D eigenvalue weighted by atomic mass is 9.77. The molecule has 1 heterocycles. The first-order valence-electron chi connectivity index (χ1n) is 13.0. The van der Waals surface area contributed by atoms with Crippen LogP contribution in [-0.4, -0.2) is 71.7 Å². The van der Waals surface area contributed by atoms with Crippen molar-refractivity contribution < 1.29 is 38.5 Å². The summed E-state index contributed by atoms with van der Waals surface area (Å²) in [4.78, 5) is 39.8. The van der Waals surface area contributed by atoms with Gasteiger partial charge in [0.2, 0.25) is 11.8 Å². The maximum atomic E-state index is 14.7. The maximum Gasteiger partial charge on any atom is 0.247 e. The normalized spacial score (nSPS) is 21.2. The fourth-order valence-electron chi connectivity index (χ4n) is 5.20. The zero-order valence-electron chi connectivity index (χ0n) is 21.9. The van der Waals surface area contributed by atoms with Crippen LogP contribution in [0.15, 0.2) is 48.0 Å². The molecular formula is C29H33FN2O7. The average Bonchev–Trinajstić information content (AvgIpc) is 3.34. The summed E-state index contributed by atoms with van der Waals surface area (Å²) in [6.07, 6.45) is 1.42. The maximum absolute atomic E-state index is 14.7. The van der Waals surface area contributed by atoms with Crippen LogP contribution in [-0.2, 0) is 16.1 Å². The molecule has 0 spiro atoms. The number of unbranched alkanes of at least 4 members (excludes halogenated alkanes) is 1. The number of benzene rings is 2. The second-order valence-corrected chi connectivity index (χ2v) is 9.62. The third kappa shape index (κ3) is 5.67. The predicted octanol–water partition coefficient (Wildman–Crippen LogP) is 2.49. The summed E-state index contributed by atoms with van der Waals surface area (Å²) in [6, 6.07) is 8.15. The Labute approximate surface area is 226 Å². The number of amides is 2. The van der Waals surface area contributed by atoms with Gasteiger partial charge in [0.05, 0.1) is 25.7 Å². The molecule has 0 fully saturated rings. The van der Waals surface area contributed by atoms with Crippen LogP contribution >= 0.6 is 0 Å². The van der Waals surface area contributed by atoms with Crippen molar-refractivity contribution in [3.05, 3.63) is 70.6 Å². The van der Waals surface area contributed by atoms with Gasteiger partial charge in [-0.2, -0.15) is 0 Å². The fourth-order valence-corrected chi connectivity index (χ4v) is 5.20. The van der Waals surface area contributed by atoms with Crippen molar-refractivity contribution in [2.75, 3.05) is 20.3 Å². The highest BCUT2D eigenvalue weighted by atomic mass is 19.1. The van der Waals surface area contributed by atoms with E-state index in [0.29, 0.717) is 23.8 Å². The largest absolute Gasteiger partial charge is 0.493 e. The molecule has 4 atom stereocenters. The minimum atomic E-state index is -1.29. The average molecular weight is 541 g/mol. The third-order valence-electron chi connectivity index (χ3n) is 7.13. The van der Waals surface area contributed by atoms with Crippen molar-refractivity contribution in [1.29, 1.82) is 0 Å². The number of halogens is 1. The zero-order valence-corrected chi connectivity index (χ0v) is 21.9. The van der Waals surface area contributed by atoms with Gasteiger partial charge in [0.1, 0.15) is 24.3 Å². The SMILES string of the molecule is CCCCC(=O)N(Cc1ccccc1F)[C@@H]1C=C(C(=O)NCCO)[C@@H]2c3cc(C=O)cc(OC)c3O[C@@H]2[C@H]1O. The summed E-state index contributed by atoms with van der Waals surface area (Å²) in [6.45, 7) is 1.52. The number of hydrogen-bond acceptors (Lipinski definition) is 7. The molecule has 9 nitrogen and oxygen atoms in total. The van der Waals surface area contributed by atoms with Gasteiger partial charge in [-0.3, -0.25) is 14.4 Å². The van der Waals surface area contributed by atoms with Gasteiger partial charge in [0.15, 0.2) is 11.5 Å². The van der Waals surface area contributed by atoms with Crippen LogP contribution in [0.4, 0.5) is 4.39 Å². The topological polar surface area (TPSA) is 125 Å². The Morgan fingerprint density at radius 3 is 2.69 bits per heavy atom. The first-order valence-corrected chi connectivity index (χ1v) is 13.0. The van der Waals surface area contributed by atoms with E-state index in [1.54, 1.807) is 24.3 Å². The number of rotatable bonds is 11. The van der Waals surface area contributed by atoms with Gasteiger partial charge in [-0.25, -0.2) is 4.39 Å². The minimum Gasteiger partial charge on any atom is -0.493 e. The summed E-state index contributed by atoms with van der Waals surface area (Å²) in [5, 5.41) is 23.6. The molecule has 2 aliphatic rings. The molecule has 2 amide bonds. The van der Waals surface area contributed by atoms with Gasteiger partial charge >= 0.3 is 0 Å². The molecular weight excluding hydrogens is 507 g/mol. The number of carbonyl (C=O) groups is 3. The van der Waals surface area contributed by atoms with Crippen LogP contribution < -0.4 is 14.8 Å². The first kappa shape index (κ1) is 28.3. The highest BCUT2D eigenvalue weighted by Gasteiger charge is 2.51. The molecule has 10 heteroatoms. The van der Waals surface area contributed by atoms with Gasteiger partial charge < -0.3 is 29.9 Å². The highest BCUT2D eigenvalue weighted by molar-refractivity contribution is 5.96. The zero-order chi connectivity index (χ0) is 28.1. The van der Waals surface area contributed by atoms with E-state index in [9.17, 15) is 29.0 Å². The number of methoxy groups -OCH3 is 1. The number of fused-ring (bicyclic) bond motifs is 3. The lowest BCUT2D eigenvalue weighted by Gasteiger charge is -2.41. The molecule has 208 valence electrons. The van der Waals surface area contributed by atoms with Crippen LogP contribution in [0.25, 0.3) is 0 Å². The van der Waals surface area contributed by atoms with E-state index in [1.165, 1.54) is 30.2 Å². The Morgan fingerprint density at radius 1 is 1.26 bits per heavy atom. The van der Waals surface area contributed by atoms with E-state index >= 15 is 0 Å². The summed E-state index contributed by atoms with van der Waals surface area (Å²) in [7, 11) is 1.42. The van der Waals surface area contributed by atoms with Crippen molar-refractivity contribution in [2.24, 2.45) is 0 Å². The van der Waals surface area contributed by atoms with E-state index in [0.717, 1.165) is 6.42 Å². The standard InChI is InChI=1S/C29H33FN2O7/c1-3-4-9-24(35)32(15-18-7-5-6-8-21(18)30)22-14-20(29(37)31-10-11-33)25-19-12-17(16-34)13-23(38-2)27(19)39-28(25)26(22)36/h5-8,12-14,16,22,25-26,28,33,36H,3-4,9-11,15H2,1-2H3,(H,31,37)/t22-,25+,26+,28+/m1/s1. The number of aldehydes is 1. The van der Waals surface area contributed by atoms with Gasteiger partial charge in [-0.05, 0) is 30.7 Å². The van der Waals surface area contributed by atoms with Crippen molar-refractivity contribution in [3.8, 4) is 11.5 Å². The van der Waals surface area contributed by atoms with Gasteiger partial charge in [-0.15, -0.1) is 0 Å². The van der Waals surface area contributed by atoms with E-state index in [2.05, 4.69) is 5.32 Å². The quantitative estimate of drug-likeness (QED) is 0.374. The first-order chi connectivity index (χ1) is 18.8. The van der Waals surface area contributed by atoms with Gasteiger partial charge in [-0.1, -0.05) is 31.5 Å². The molecule has 0 radical (unpaired) electrons. The van der Waals surface area contributed by atoms with Crippen molar-refractivity contribution >= 4 is 18.1 Å². The highest BCUT2D eigenvalue weighted by Crippen LogP contribution is 2.51. The fraction of sp³-hybridized carbons (Fsp3) is 0.414. The number of aliphatic hydroxyl groups is 2. The van der Waals surface area contributed by atoms with E-state index < -0.39 is 35.9 Å². The molecule has 0 unspecified atom stereocenters. The molecule has 2 aromatic rings. The van der Waals surface area contributed by atoms with Crippen LogP contribution in [0.3, 0.4) is 0 Å². The number of nitrogens with zero attached hydrogens (tertiary/aromatic N) is 1. The number of ether oxygens (including phenoxy) is 2. The van der Waals surface area contributed by atoms with Crippen molar-refractivity contribution in [3.63, 3.8) is 0 Å². The molecule has 1 aliphatic carbocycles. The Morgan fingerprint density at radius 2 is 2.03 bits per heavy atom. The number of nitrogens with one attached hydrogen (secondary N) is 1. The number of aliphatic hydroxyl groups excluding tert-OH is 2. The molecule has 0 bridgehead atoms. The number of hydrogen-bond donors (Lipinski definition) is 3. The predicted molar refractivity (Wildman–Crippen MR) is 140 cm³/mol. The molecule has 0 aromatic heterocycles. The molecule has 1 aliphatic heterocycles. The van der Waals surface area contributed by atoms with Crippen LogP contribution in [0, 0.1) is 5.82 Å². The minimum absolute atomic E-state index is 0.0133. The third-order valence-corrected chi connectivity index (χ3v) is 7.13. The van der Waals surface area contributed by atoms with Crippen LogP contribution in [0.5, 0.6) is 11.5 Å². The summed E-state index contributed by atoms with van der Waals surface area (Å²) in [5.41, 5.74) is 1.26. The summed E-state index contributed by atoms with van der Waals surface area (Å²) >= 11 is 0.